The summed E-state index contributed by atoms with van der Waals surface area (Å²) in [6, 6.07) is 12.1. The molecule has 0 saturated carbocycles. The molecule has 3 aromatic rings. The Bertz CT molecular complexity index is 899. The average Bonchev–Trinajstić information content (AvgIpc) is 2.79. The van der Waals surface area contributed by atoms with Crippen molar-refractivity contribution in [3.63, 3.8) is 0 Å². The summed E-state index contributed by atoms with van der Waals surface area (Å²) < 4.78 is 10.7. The Kier molecular flexibility index (Phi) is 6.68. The van der Waals surface area contributed by atoms with Crippen molar-refractivity contribution in [2.24, 2.45) is 0 Å². The van der Waals surface area contributed by atoms with Gasteiger partial charge < -0.3 is 9.47 Å². The topological polar surface area (TPSA) is 78.4 Å². The van der Waals surface area contributed by atoms with Gasteiger partial charge >= 0.3 is 0 Å². The van der Waals surface area contributed by atoms with Crippen LogP contribution in [0.15, 0.2) is 67.3 Å². The minimum Gasteiger partial charge on any atom is -0.497 e. The van der Waals surface area contributed by atoms with Gasteiger partial charge in [0.25, 0.3) is 0 Å². The standard InChI is InChI=1S/C23H22N2O4/c1-28-20-11-18(12-21(15-20)29-2)19(13-22(26)16-3-7-24-8-4-16)14-23(27)17-5-9-25-10-6-17/h3-12,15,19H,13-14H2,1-2H3. The Labute approximate surface area is 169 Å². The molecule has 2 heterocycles. The van der Waals surface area contributed by atoms with Crippen LogP contribution in [0.2, 0.25) is 0 Å². The van der Waals surface area contributed by atoms with Crippen molar-refractivity contribution >= 4 is 11.6 Å². The summed E-state index contributed by atoms with van der Waals surface area (Å²) in [5.74, 6) is 0.776. The lowest BCUT2D eigenvalue weighted by Crippen LogP contribution is -2.13. The molecule has 6 nitrogen and oxygen atoms in total. The van der Waals surface area contributed by atoms with E-state index in [1.165, 1.54) is 0 Å². The molecule has 2 aromatic heterocycles. The first-order valence-corrected chi connectivity index (χ1v) is 9.20. The quantitative estimate of drug-likeness (QED) is 0.511. The number of nitrogens with zero attached hydrogens (tertiary/aromatic N) is 2. The molecule has 0 radical (unpaired) electrons. The summed E-state index contributed by atoms with van der Waals surface area (Å²) in [5.41, 5.74) is 1.94. The average molecular weight is 390 g/mol. The van der Waals surface area contributed by atoms with Gasteiger partial charge in [0.2, 0.25) is 0 Å². The largest absolute Gasteiger partial charge is 0.497 e. The predicted molar refractivity (Wildman–Crippen MR) is 109 cm³/mol. The zero-order chi connectivity index (χ0) is 20.6. The van der Waals surface area contributed by atoms with Gasteiger partial charge in [-0.25, -0.2) is 0 Å². The molecule has 0 aliphatic rings. The molecule has 6 heteroatoms. The number of ether oxygens (including phenoxy) is 2. The Morgan fingerprint density at radius 2 is 1.17 bits per heavy atom. The van der Waals surface area contributed by atoms with Crippen LogP contribution in [-0.2, 0) is 0 Å². The third kappa shape index (κ3) is 5.25. The Balaban J connectivity index is 1.92. The van der Waals surface area contributed by atoms with Crippen LogP contribution in [0.4, 0.5) is 0 Å². The number of benzene rings is 1. The van der Waals surface area contributed by atoms with Gasteiger partial charge in [0.15, 0.2) is 11.6 Å². The highest BCUT2D eigenvalue weighted by atomic mass is 16.5. The van der Waals surface area contributed by atoms with E-state index in [0.717, 1.165) is 5.56 Å². The highest BCUT2D eigenvalue weighted by Gasteiger charge is 2.22. The van der Waals surface area contributed by atoms with Crippen LogP contribution < -0.4 is 9.47 Å². The van der Waals surface area contributed by atoms with Crippen LogP contribution in [0.1, 0.15) is 45.0 Å². The number of Topliss-reactive ketones (excluding diaryl/α,β-unsaturated/α-hetero) is 2. The Hall–Kier alpha value is -3.54. The van der Waals surface area contributed by atoms with Gasteiger partial charge in [0.1, 0.15) is 11.5 Å². The Morgan fingerprint density at radius 3 is 1.55 bits per heavy atom. The Morgan fingerprint density at radius 1 is 0.759 bits per heavy atom. The highest BCUT2D eigenvalue weighted by molar-refractivity contribution is 5.99. The van der Waals surface area contributed by atoms with Crippen LogP contribution in [0.25, 0.3) is 0 Å². The lowest BCUT2D eigenvalue weighted by atomic mass is 9.86. The van der Waals surface area contributed by atoms with Crippen LogP contribution in [0.5, 0.6) is 11.5 Å². The second kappa shape index (κ2) is 9.59. The molecule has 0 aliphatic carbocycles. The molecule has 0 fully saturated rings. The summed E-state index contributed by atoms with van der Waals surface area (Å²) in [5, 5.41) is 0. The molecule has 0 amide bonds. The van der Waals surface area contributed by atoms with Crippen molar-refractivity contribution in [1.82, 2.24) is 9.97 Å². The summed E-state index contributed by atoms with van der Waals surface area (Å²) in [4.78, 5) is 33.6. The molecule has 0 aliphatic heterocycles. The molecule has 1 aromatic carbocycles. The summed E-state index contributed by atoms with van der Waals surface area (Å²) in [6.45, 7) is 0. The zero-order valence-electron chi connectivity index (χ0n) is 16.4. The third-order valence-electron chi connectivity index (χ3n) is 4.71. The highest BCUT2D eigenvalue weighted by Crippen LogP contribution is 2.33. The van der Waals surface area contributed by atoms with Crippen LogP contribution >= 0.6 is 0 Å². The van der Waals surface area contributed by atoms with Crippen LogP contribution in [-0.4, -0.2) is 35.8 Å². The fraction of sp³-hybridized carbons (Fsp3) is 0.217. The van der Waals surface area contributed by atoms with Gasteiger partial charge in [0, 0.05) is 54.8 Å². The smallest absolute Gasteiger partial charge is 0.163 e. The minimum absolute atomic E-state index is 0.0540. The first kappa shape index (κ1) is 20.2. The number of aromatic nitrogens is 2. The number of methoxy groups -OCH3 is 2. The summed E-state index contributed by atoms with van der Waals surface area (Å²) in [6.07, 6.45) is 6.68. The van der Waals surface area contributed by atoms with Crippen molar-refractivity contribution in [2.45, 2.75) is 18.8 Å². The maximum atomic E-state index is 12.8. The number of carbonyl (C=O) groups excluding carboxylic acids is 2. The van der Waals surface area contributed by atoms with E-state index in [9.17, 15) is 9.59 Å². The van der Waals surface area contributed by atoms with Gasteiger partial charge in [-0.15, -0.1) is 0 Å². The second-order valence-electron chi connectivity index (χ2n) is 6.57. The maximum absolute atomic E-state index is 12.8. The number of rotatable bonds is 9. The number of hydrogen-bond acceptors (Lipinski definition) is 6. The van der Waals surface area contributed by atoms with Gasteiger partial charge in [0.05, 0.1) is 14.2 Å². The third-order valence-corrected chi connectivity index (χ3v) is 4.71. The maximum Gasteiger partial charge on any atom is 0.163 e. The molecule has 0 bridgehead atoms. The molecular weight excluding hydrogens is 368 g/mol. The summed E-state index contributed by atoms with van der Waals surface area (Å²) in [7, 11) is 3.13. The van der Waals surface area contributed by atoms with E-state index in [-0.39, 0.29) is 30.3 Å². The molecule has 0 unspecified atom stereocenters. The van der Waals surface area contributed by atoms with Crippen LogP contribution in [0.3, 0.4) is 0 Å². The molecule has 29 heavy (non-hydrogen) atoms. The molecule has 0 saturated heterocycles. The first-order chi connectivity index (χ1) is 14.1. The van der Waals surface area contributed by atoms with Crippen molar-refractivity contribution in [2.75, 3.05) is 14.2 Å². The number of ketones is 2. The van der Waals surface area contributed by atoms with Gasteiger partial charge in [-0.1, -0.05) is 0 Å². The molecule has 0 atom stereocenters. The lowest BCUT2D eigenvalue weighted by molar-refractivity contribution is 0.0944. The first-order valence-electron chi connectivity index (χ1n) is 9.20. The van der Waals surface area contributed by atoms with Crippen molar-refractivity contribution in [3.8, 4) is 11.5 Å². The van der Waals surface area contributed by atoms with Crippen molar-refractivity contribution in [3.05, 3.63) is 83.9 Å². The molecule has 148 valence electrons. The van der Waals surface area contributed by atoms with E-state index in [1.807, 2.05) is 12.1 Å². The number of carbonyl (C=O) groups is 2. The molecular formula is C23H22N2O4. The molecule has 0 spiro atoms. The number of pyridine rings is 2. The molecule has 0 N–H and O–H groups in total. The van der Waals surface area contributed by atoms with E-state index in [0.29, 0.717) is 22.6 Å². The molecule has 3 rings (SSSR count). The van der Waals surface area contributed by atoms with Gasteiger partial charge in [-0.05, 0) is 47.9 Å². The lowest BCUT2D eigenvalue weighted by Gasteiger charge is -2.18. The number of hydrogen-bond donors (Lipinski definition) is 0. The van der Waals surface area contributed by atoms with E-state index < -0.39 is 0 Å². The van der Waals surface area contributed by atoms with Gasteiger partial charge in [-0.2, -0.15) is 0 Å². The fourth-order valence-corrected chi connectivity index (χ4v) is 3.13. The van der Waals surface area contributed by atoms with E-state index in [2.05, 4.69) is 9.97 Å². The predicted octanol–water partition coefficient (Wildman–Crippen LogP) is 4.12. The zero-order valence-corrected chi connectivity index (χ0v) is 16.4. The normalized spacial score (nSPS) is 10.6. The minimum atomic E-state index is -0.333. The SMILES string of the molecule is COc1cc(OC)cc(C(CC(=O)c2ccncc2)CC(=O)c2ccncc2)c1. The monoisotopic (exact) mass is 390 g/mol. The van der Waals surface area contributed by atoms with Gasteiger partial charge in [-0.3, -0.25) is 19.6 Å². The van der Waals surface area contributed by atoms with E-state index in [4.69, 9.17) is 9.47 Å². The van der Waals surface area contributed by atoms with E-state index in [1.54, 1.807) is 69.3 Å². The van der Waals surface area contributed by atoms with Crippen LogP contribution in [0, 0.1) is 0 Å². The van der Waals surface area contributed by atoms with E-state index >= 15 is 0 Å². The summed E-state index contributed by atoms with van der Waals surface area (Å²) >= 11 is 0. The second-order valence-corrected chi connectivity index (χ2v) is 6.57. The van der Waals surface area contributed by atoms with Crippen molar-refractivity contribution in [1.29, 1.82) is 0 Å². The van der Waals surface area contributed by atoms with Crippen molar-refractivity contribution < 1.29 is 19.1 Å². The fourth-order valence-electron chi connectivity index (χ4n) is 3.13.